The third-order valence-corrected chi connectivity index (χ3v) is 5.51. The molecule has 2 saturated carbocycles. The van der Waals surface area contributed by atoms with Crippen molar-refractivity contribution < 1.29 is 9.84 Å². The topological polar surface area (TPSA) is 41.5 Å². The van der Waals surface area contributed by atoms with Crippen molar-refractivity contribution in [3.8, 4) is 0 Å². The first-order valence-electron chi connectivity index (χ1n) is 8.97. The van der Waals surface area contributed by atoms with Crippen LogP contribution in [0.15, 0.2) is 0 Å². The van der Waals surface area contributed by atoms with Crippen molar-refractivity contribution in [2.45, 2.75) is 90.4 Å². The Morgan fingerprint density at radius 2 is 1.95 bits per heavy atom. The predicted molar refractivity (Wildman–Crippen MR) is 87.4 cm³/mol. The minimum Gasteiger partial charge on any atom is -0.389 e. The smallest absolute Gasteiger partial charge is 0.0746 e. The lowest BCUT2D eigenvalue weighted by molar-refractivity contribution is -0.153. The van der Waals surface area contributed by atoms with Crippen LogP contribution in [0.5, 0.6) is 0 Å². The van der Waals surface area contributed by atoms with Crippen molar-refractivity contribution in [3.05, 3.63) is 0 Å². The maximum atomic E-state index is 10.5. The molecule has 0 radical (unpaired) electrons. The standard InChI is InChI=1S/C18H35NO2/c1-5-21-16-11-15(18(16)9-7-6-8-10-18)19-13-17(4,20)12-14(2)3/h14-16,19-20H,5-13H2,1-4H3. The van der Waals surface area contributed by atoms with Gasteiger partial charge in [-0.1, -0.05) is 33.1 Å². The van der Waals surface area contributed by atoms with Crippen molar-refractivity contribution in [1.29, 1.82) is 0 Å². The molecule has 124 valence electrons. The predicted octanol–water partition coefficient (Wildman–Crippen LogP) is 3.50. The summed E-state index contributed by atoms with van der Waals surface area (Å²) < 4.78 is 6.00. The van der Waals surface area contributed by atoms with E-state index in [0.29, 0.717) is 30.0 Å². The highest BCUT2D eigenvalue weighted by Gasteiger charge is 2.55. The Kier molecular flexibility index (Phi) is 5.72. The summed E-state index contributed by atoms with van der Waals surface area (Å²) in [5, 5.41) is 14.2. The second-order valence-corrected chi connectivity index (χ2v) is 8.00. The van der Waals surface area contributed by atoms with Crippen LogP contribution in [0.3, 0.4) is 0 Å². The number of hydrogen-bond acceptors (Lipinski definition) is 3. The molecule has 3 atom stereocenters. The molecule has 0 aliphatic heterocycles. The Morgan fingerprint density at radius 3 is 2.52 bits per heavy atom. The molecule has 0 bridgehead atoms. The van der Waals surface area contributed by atoms with Gasteiger partial charge in [0.15, 0.2) is 0 Å². The highest BCUT2D eigenvalue weighted by molar-refractivity contribution is 5.09. The van der Waals surface area contributed by atoms with E-state index in [1.165, 1.54) is 32.1 Å². The minimum absolute atomic E-state index is 0.349. The molecule has 21 heavy (non-hydrogen) atoms. The molecule has 2 fully saturated rings. The van der Waals surface area contributed by atoms with E-state index in [2.05, 4.69) is 26.1 Å². The zero-order chi connectivity index (χ0) is 15.5. The first-order chi connectivity index (χ1) is 9.89. The number of nitrogens with one attached hydrogen (secondary N) is 1. The summed E-state index contributed by atoms with van der Waals surface area (Å²) >= 11 is 0. The summed E-state index contributed by atoms with van der Waals surface area (Å²) in [4.78, 5) is 0. The Labute approximate surface area is 130 Å². The molecule has 0 saturated heterocycles. The lowest BCUT2D eigenvalue weighted by Gasteiger charge is -2.58. The van der Waals surface area contributed by atoms with Gasteiger partial charge in [-0.3, -0.25) is 0 Å². The van der Waals surface area contributed by atoms with Crippen LogP contribution in [0.4, 0.5) is 0 Å². The average Bonchev–Trinajstić information content (AvgIpc) is 2.41. The summed E-state index contributed by atoms with van der Waals surface area (Å²) in [6.07, 6.45) is 9.05. The maximum absolute atomic E-state index is 10.5. The van der Waals surface area contributed by atoms with Crippen LogP contribution in [0.25, 0.3) is 0 Å². The van der Waals surface area contributed by atoms with E-state index in [1.54, 1.807) is 0 Å². The van der Waals surface area contributed by atoms with Crippen molar-refractivity contribution >= 4 is 0 Å². The summed E-state index contributed by atoms with van der Waals surface area (Å²) in [6.45, 7) is 9.94. The number of aliphatic hydroxyl groups is 1. The van der Waals surface area contributed by atoms with Gasteiger partial charge in [-0.05, 0) is 45.4 Å². The van der Waals surface area contributed by atoms with Gasteiger partial charge in [0.2, 0.25) is 0 Å². The van der Waals surface area contributed by atoms with Crippen LogP contribution in [0, 0.1) is 11.3 Å². The number of rotatable bonds is 7. The van der Waals surface area contributed by atoms with Crippen molar-refractivity contribution in [1.82, 2.24) is 5.32 Å². The van der Waals surface area contributed by atoms with Crippen molar-refractivity contribution in [2.75, 3.05) is 13.2 Å². The monoisotopic (exact) mass is 297 g/mol. The zero-order valence-corrected chi connectivity index (χ0v) is 14.5. The third-order valence-electron chi connectivity index (χ3n) is 5.51. The van der Waals surface area contributed by atoms with E-state index < -0.39 is 5.60 Å². The number of hydrogen-bond donors (Lipinski definition) is 2. The first-order valence-corrected chi connectivity index (χ1v) is 8.97. The van der Waals surface area contributed by atoms with Crippen LogP contribution in [0.2, 0.25) is 0 Å². The zero-order valence-electron chi connectivity index (χ0n) is 14.5. The van der Waals surface area contributed by atoms with Gasteiger partial charge >= 0.3 is 0 Å². The van der Waals surface area contributed by atoms with Crippen LogP contribution in [-0.2, 0) is 4.74 Å². The van der Waals surface area contributed by atoms with E-state index >= 15 is 0 Å². The Bertz CT molecular complexity index is 321. The average molecular weight is 297 g/mol. The van der Waals surface area contributed by atoms with Gasteiger partial charge in [0, 0.05) is 24.6 Å². The molecule has 0 heterocycles. The van der Waals surface area contributed by atoms with E-state index in [9.17, 15) is 5.11 Å². The fraction of sp³-hybridized carbons (Fsp3) is 1.00. The molecule has 2 aliphatic rings. The van der Waals surface area contributed by atoms with E-state index in [-0.39, 0.29) is 0 Å². The molecule has 0 amide bonds. The van der Waals surface area contributed by atoms with Crippen LogP contribution < -0.4 is 5.32 Å². The van der Waals surface area contributed by atoms with Gasteiger partial charge < -0.3 is 15.2 Å². The SMILES string of the molecule is CCOC1CC(NCC(C)(O)CC(C)C)C12CCCCC2. The van der Waals surface area contributed by atoms with E-state index in [0.717, 1.165) is 19.4 Å². The highest BCUT2D eigenvalue weighted by Crippen LogP contribution is 2.53. The Morgan fingerprint density at radius 1 is 1.29 bits per heavy atom. The number of ether oxygens (including phenoxy) is 1. The molecule has 0 aromatic rings. The fourth-order valence-electron chi connectivity index (χ4n) is 4.64. The normalized spacial score (nSPS) is 31.1. The molecule has 2 N–H and O–H groups in total. The molecule has 0 aromatic carbocycles. The second kappa shape index (κ2) is 6.97. The van der Waals surface area contributed by atoms with Gasteiger partial charge in [-0.2, -0.15) is 0 Å². The first kappa shape index (κ1) is 17.2. The molecule has 0 aromatic heterocycles. The molecular weight excluding hydrogens is 262 g/mol. The van der Waals surface area contributed by atoms with E-state index in [1.807, 2.05) is 6.92 Å². The van der Waals surface area contributed by atoms with Crippen LogP contribution >= 0.6 is 0 Å². The van der Waals surface area contributed by atoms with Crippen molar-refractivity contribution in [2.24, 2.45) is 11.3 Å². The molecular formula is C18H35NO2. The molecule has 3 nitrogen and oxygen atoms in total. The van der Waals surface area contributed by atoms with Crippen LogP contribution in [-0.4, -0.2) is 36.0 Å². The van der Waals surface area contributed by atoms with Gasteiger partial charge in [0.25, 0.3) is 0 Å². The van der Waals surface area contributed by atoms with Crippen molar-refractivity contribution in [3.63, 3.8) is 0 Å². The molecule has 1 spiro atoms. The van der Waals surface area contributed by atoms with Gasteiger partial charge in [0.05, 0.1) is 11.7 Å². The van der Waals surface area contributed by atoms with Gasteiger partial charge in [-0.25, -0.2) is 0 Å². The van der Waals surface area contributed by atoms with Crippen LogP contribution in [0.1, 0.15) is 72.6 Å². The summed E-state index contributed by atoms with van der Waals surface area (Å²) in [7, 11) is 0. The Hall–Kier alpha value is -0.120. The maximum Gasteiger partial charge on any atom is 0.0746 e. The summed E-state index contributed by atoms with van der Waals surface area (Å²) in [5.41, 5.74) is -0.247. The molecule has 2 rings (SSSR count). The molecule has 3 unspecified atom stereocenters. The van der Waals surface area contributed by atoms with Gasteiger partial charge in [-0.15, -0.1) is 0 Å². The minimum atomic E-state index is -0.597. The fourth-order valence-corrected chi connectivity index (χ4v) is 4.64. The quantitative estimate of drug-likeness (QED) is 0.755. The lowest BCUT2D eigenvalue weighted by Crippen LogP contribution is -2.65. The van der Waals surface area contributed by atoms with E-state index in [4.69, 9.17) is 4.74 Å². The molecule has 3 heteroatoms. The summed E-state index contributed by atoms with van der Waals surface area (Å²) in [6, 6.07) is 0.535. The highest BCUT2D eigenvalue weighted by atomic mass is 16.5. The third kappa shape index (κ3) is 4.00. The molecule has 2 aliphatic carbocycles. The second-order valence-electron chi connectivity index (χ2n) is 8.00. The Balaban J connectivity index is 1.91. The van der Waals surface area contributed by atoms with Gasteiger partial charge in [0.1, 0.15) is 0 Å². The largest absolute Gasteiger partial charge is 0.389 e. The summed E-state index contributed by atoms with van der Waals surface area (Å²) in [5.74, 6) is 0.531. The lowest BCUT2D eigenvalue weighted by atomic mass is 9.55.